The van der Waals surface area contributed by atoms with Crippen LogP contribution in [0, 0.1) is 6.92 Å². The minimum absolute atomic E-state index is 0.242. The summed E-state index contributed by atoms with van der Waals surface area (Å²) in [5, 5.41) is 6.72. The molecule has 0 atom stereocenters. The van der Waals surface area contributed by atoms with Crippen LogP contribution in [0.5, 0.6) is 0 Å². The number of benzene rings is 2. The zero-order chi connectivity index (χ0) is 19.4. The fraction of sp³-hybridized carbons (Fsp3) is 0.190. The number of hydrogen-bond donors (Lipinski definition) is 2. The Hall–Kier alpha value is -2.92. The van der Waals surface area contributed by atoms with E-state index >= 15 is 0 Å². The number of rotatable bonds is 5. The lowest BCUT2D eigenvalue weighted by atomic mass is 10.0. The maximum atomic E-state index is 12.5. The average molecular weight is 381 g/mol. The van der Waals surface area contributed by atoms with Gasteiger partial charge in [-0.05, 0) is 42.2 Å². The number of anilines is 3. The summed E-state index contributed by atoms with van der Waals surface area (Å²) in [5.74, 6) is 0.471. The summed E-state index contributed by atoms with van der Waals surface area (Å²) in [6.45, 7) is 6.09. The predicted octanol–water partition coefficient (Wildman–Crippen LogP) is 5.56. The third kappa shape index (κ3) is 4.44. The van der Waals surface area contributed by atoms with Crippen LogP contribution in [0.15, 0.2) is 54.9 Å². The number of carbonyl (C=O) groups excluding carboxylic acids is 1. The van der Waals surface area contributed by atoms with Gasteiger partial charge in [-0.15, -0.1) is 0 Å². The molecule has 138 valence electrons. The largest absolute Gasteiger partial charge is 0.324 e. The van der Waals surface area contributed by atoms with Gasteiger partial charge in [-0.25, -0.2) is 9.97 Å². The fourth-order valence-corrected chi connectivity index (χ4v) is 2.86. The monoisotopic (exact) mass is 380 g/mol. The molecule has 3 aromatic rings. The predicted molar refractivity (Wildman–Crippen MR) is 110 cm³/mol. The second-order valence-corrected chi connectivity index (χ2v) is 6.94. The Balaban J connectivity index is 1.74. The van der Waals surface area contributed by atoms with Crippen LogP contribution >= 0.6 is 11.6 Å². The van der Waals surface area contributed by atoms with Crippen molar-refractivity contribution in [1.82, 2.24) is 9.97 Å². The molecular weight excluding hydrogens is 360 g/mol. The van der Waals surface area contributed by atoms with E-state index in [0.29, 0.717) is 22.5 Å². The Morgan fingerprint density at radius 3 is 2.37 bits per heavy atom. The van der Waals surface area contributed by atoms with Gasteiger partial charge < -0.3 is 10.6 Å². The van der Waals surface area contributed by atoms with Crippen LogP contribution in [-0.2, 0) is 0 Å². The van der Waals surface area contributed by atoms with Gasteiger partial charge in [-0.2, -0.15) is 0 Å². The molecule has 0 fully saturated rings. The van der Waals surface area contributed by atoms with E-state index in [1.807, 2.05) is 49.4 Å². The van der Waals surface area contributed by atoms with Crippen molar-refractivity contribution in [2.45, 2.75) is 26.7 Å². The lowest BCUT2D eigenvalue weighted by Crippen LogP contribution is -2.14. The van der Waals surface area contributed by atoms with E-state index in [2.05, 4.69) is 34.4 Å². The number of nitrogens with one attached hydrogen (secondary N) is 2. The van der Waals surface area contributed by atoms with E-state index in [0.717, 1.165) is 22.5 Å². The molecule has 0 saturated heterocycles. The van der Waals surface area contributed by atoms with Crippen molar-refractivity contribution in [3.05, 3.63) is 76.6 Å². The summed E-state index contributed by atoms with van der Waals surface area (Å²) in [4.78, 5) is 21.0. The lowest BCUT2D eigenvalue weighted by molar-refractivity contribution is 0.102. The van der Waals surface area contributed by atoms with Crippen LogP contribution in [0.1, 0.15) is 41.3 Å². The number of aromatic nitrogens is 2. The summed E-state index contributed by atoms with van der Waals surface area (Å²) in [5.41, 5.74) is 4.01. The van der Waals surface area contributed by atoms with E-state index in [1.54, 1.807) is 0 Å². The summed E-state index contributed by atoms with van der Waals surface area (Å²) in [7, 11) is 0. The number of amides is 1. The maximum absolute atomic E-state index is 12.5. The van der Waals surface area contributed by atoms with Gasteiger partial charge in [-0.1, -0.05) is 49.7 Å². The topological polar surface area (TPSA) is 66.9 Å². The molecule has 27 heavy (non-hydrogen) atoms. The molecule has 3 rings (SSSR count). The number of para-hydroxylation sites is 1. The van der Waals surface area contributed by atoms with E-state index in [9.17, 15) is 4.79 Å². The van der Waals surface area contributed by atoms with Crippen LogP contribution in [0.3, 0.4) is 0 Å². The Morgan fingerprint density at radius 1 is 1.00 bits per heavy atom. The first kappa shape index (κ1) is 18.9. The van der Waals surface area contributed by atoms with Crippen LogP contribution in [0.25, 0.3) is 0 Å². The molecule has 5 nitrogen and oxygen atoms in total. The number of halogens is 1. The normalized spacial score (nSPS) is 10.7. The summed E-state index contributed by atoms with van der Waals surface area (Å²) in [6, 6.07) is 13.3. The molecule has 0 aliphatic rings. The Labute approximate surface area is 163 Å². The molecule has 0 aliphatic heterocycles. The Kier molecular flexibility index (Phi) is 5.72. The third-order valence-corrected chi connectivity index (χ3v) is 4.67. The van der Waals surface area contributed by atoms with E-state index in [4.69, 9.17) is 11.6 Å². The SMILES string of the molecule is Cc1c(Cl)cccc1Nc1ncc(C(=O)Nc2ccccc2C(C)C)cn1. The summed E-state index contributed by atoms with van der Waals surface area (Å²) >= 11 is 6.13. The number of nitrogens with zero attached hydrogens (tertiary/aromatic N) is 2. The van der Waals surface area contributed by atoms with E-state index in [1.165, 1.54) is 12.4 Å². The molecule has 0 unspecified atom stereocenters. The quantitative estimate of drug-likeness (QED) is 0.608. The van der Waals surface area contributed by atoms with Crippen molar-refractivity contribution >= 4 is 34.8 Å². The minimum atomic E-state index is -0.242. The zero-order valence-electron chi connectivity index (χ0n) is 15.5. The standard InChI is InChI=1S/C21H21ClN4O/c1-13(2)16-7-4-5-9-19(16)25-20(27)15-11-23-21(24-12-15)26-18-10-6-8-17(22)14(18)3/h4-13H,1-3H3,(H,25,27)(H,23,24,26). The zero-order valence-corrected chi connectivity index (χ0v) is 16.2. The highest BCUT2D eigenvalue weighted by atomic mass is 35.5. The molecule has 1 heterocycles. The molecule has 1 aromatic heterocycles. The van der Waals surface area contributed by atoms with Gasteiger partial charge >= 0.3 is 0 Å². The number of hydrogen-bond acceptors (Lipinski definition) is 4. The van der Waals surface area contributed by atoms with Crippen molar-refractivity contribution in [3.63, 3.8) is 0 Å². The molecule has 2 aromatic carbocycles. The van der Waals surface area contributed by atoms with E-state index in [-0.39, 0.29) is 5.91 Å². The minimum Gasteiger partial charge on any atom is -0.324 e. The van der Waals surface area contributed by atoms with Gasteiger partial charge in [0.05, 0.1) is 5.56 Å². The average Bonchev–Trinajstić information content (AvgIpc) is 2.66. The molecule has 0 bridgehead atoms. The molecule has 2 N–H and O–H groups in total. The second-order valence-electron chi connectivity index (χ2n) is 6.53. The van der Waals surface area contributed by atoms with Crippen LogP contribution in [0.4, 0.5) is 17.3 Å². The first-order valence-corrected chi connectivity index (χ1v) is 9.08. The van der Waals surface area contributed by atoms with Crippen LogP contribution in [-0.4, -0.2) is 15.9 Å². The molecular formula is C21H21ClN4O. The van der Waals surface area contributed by atoms with Crippen molar-refractivity contribution in [1.29, 1.82) is 0 Å². The molecule has 0 spiro atoms. The molecule has 0 saturated carbocycles. The van der Waals surface area contributed by atoms with Gasteiger partial charge in [0.25, 0.3) is 5.91 Å². The molecule has 6 heteroatoms. The second kappa shape index (κ2) is 8.18. The van der Waals surface area contributed by atoms with E-state index < -0.39 is 0 Å². The molecule has 0 radical (unpaired) electrons. The fourth-order valence-electron chi connectivity index (χ4n) is 2.68. The Bertz CT molecular complexity index is 955. The summed E-state index contributed by atoms with van der Waals surface area (Å²) in [6.07, 6.45) is 3.01. The lowest BCUT2D eigenvalue weighted by Gasteiger charge is -2.13. The smallest absolute Gasteiger partial charge is 0.258 e. The summed E-state index contributed by atoms with van der Waals surface area (Å²) < 4.78 is 0. The van der Waals surface area contributed by atoms with Gasteiger partial charge in [0.15, 0.2) is 0 Å². The third-order valence-electron chi connectivity index (χ3n) is 4.26. The first-order chi connectivity index (χ1) is 13.0. The van der Waals surface area contributed by atoms with Gasteiger partial charge in [0, 0.05) is 28.8 Å². The Morgan fingerprint density at radius 2 is 1.67 bits per heavy atom. The van der Waals surface area contributed by atoms with Crippen LogP contribution < -0.4 is 10.6 Å². The van der Waals surface area contributed by atoms with Crippen molar-refractivity contribution < 1.29 is 4.79 Å². The van der Waals surface area contributed by atoms with Gasteiger partial charge in [0.1, 0.15) is 0 Å². The van der Waals surface area contributed by atoms with Crippen molar-refractivity contribution in [2.24, 2.45) is 0 Å². The maximum Gasteiger partial charge on any atom is 0.258 e. The number of carbonyl (C=O) groups is 1. The molecule has 1 amide bonds. The highest BCUT2D eigenvalue weighted by Crippen LogP contribution is 2.25. The molecule has 0 aliphatic carbocycles. The highest BCUT2D eigenvalue weighted by molar-refractivity contribution is 6.31. The highest BCUT2D eigenvalue weighted by Gasteiger charge is 2.12. The van der Waals surface area contributed by atoms with Gasteiger partial charge in [-0.3, -0.25) is 4.79 Å². The van der Waals surface area contributed by atoms with Crippen molar-refractivity contribution in [3.8, 4) is 0 Å². The van der Waals surface area contributed by atoms with Gasteiger partial charge in [0.2, 0.25) is 5.95 Å². The van der Waals surface area contributed by atoms with Crippen LogP contribution in [0.2, 0.25) is 5.02 Å². The first-order valence-electron chi connectivity index (χ1n) is 8.70. The van der Waals surface area contributed by atoms with Crippen molar-refractivity contribution in [2.75, 3.05) is 10.6 Å².